The number of nitrogens with one attached hydrogen (secondary N) is 1. The molecule has 0 unspecified atom stereocenters. The van der Waals surface area contributed by atoms with Crippen LogP contribution in [0.1, 0.15) is 0 Å². The van der Waals surface area contributed by atoms with Gasteiger partial charge in [-0.25, -0.2) is 4.79 Å². The van der Waals surface area contributed by atoms with Gasteiger partial charge in [0.05, 0.1) is 0 Å². The zero-order valence-corrected chi connectivity index (χ0v) is 7.03. The number of nitrogens with zero attached hydrogens (tertiary/aromatic N) is 1. The van der Waals surface area contributed by atoms with E-state index in [9.17, 15) is 4.79 Å². The number of hydrogen-bond donors (Lipinski definition) is 2. The van der Waals surface area contributed by atoms with Crippen LogP contribution >= 0.6 is 0 Å². The molecule has 0 radical (unpaired) electrons. The lowest BCUT2D eigenvalue weighted by atomic mass is 10.3. The number of hydrogen-bond acceptors (Lipinski definition) is 2. The number of carbonyl (C=O) groups is 1. The summed E-state index contributed by atoms with van der Waals surface area (Å²) in [7, 11) is 0. The van der Waals surface area contributed by atoms with E-state index in [0.29, 0.717) is 13.1 Å². The molecule has 1 aliphatic rings. The van der Waals surface area contributed by atoms with Crippen molar-refractivity contribution in [1.82, 2.24) is 5.32 Å². The third kappa shape index (κ3) is 1.42. The van der Waals surface area contributed by atoms with Crippen molar-refractivity contribution in [2.24, 2.45) is 0 Å². The average molecular weight is 178 g/mol. The molecule has 4 nitrogen and oxygen atoms in total. The van der Waals surface area contributed by atoms with Gasteiger partial charge in [0.15, 0.2) is 0 Å². The summed E-state index contributed by atoms with van der Waals surface area (Å²) in [6.45, 7) is 1.36. The van der Waals surface area contributed by atoms with Crippen molar-refractivity contribution in [3.05, 3.63) is 24.3 Å². The maximum Gasteiger partial charge on any atom is 0.321 e. The van der Waals surface area contributed by atoms with E-state index in [0.717, 1.165) is 5.69 Å². The number of carbonyl (C=O) groups excluding carboxylic acids is 1. The second kappa shape index (κ2) is 2.97. The second-order valence-electron chi connectivity index (χ2n) is 2.90. The predicted molar refractivity (Wildman–Crippen MR) is 48.9 cm³/mol. The number of phenols is 1. The third-order valence-corrected chi connectivity index (χ3v) is 2.02. The lowest BCUT2D eigenvalue weighted by Crippen LogP contribution is -2.27. The molecule has 1 aromatic rings. The summed E-state index contributed by atoms with van der Waals surface area (Å²) >= 11 is 0. The zero-order valence-electron chi connectivity index (χ0n) is 7.03. The first kappa shape index (κ1) is 7.91. The maximum absolute atomic E-state index is 11.2. The SMILES string of the molecule is O=C1NCCN1c1ccc(O)cc1. The van der Waals surface area contributed by atoms with Crippen molar-refractivity contribution < 1.29 is 9.90 Å². The van der Waals surface area contributed by atoms with E-state index in [1.165, 1.54) is 0 Å². The Balaban J connectivity index is 2.25. The van der Waals surface area contributed by atoms with Crippen molar-refractivity contribution in [1.29, 1.82) is 0 Å². The standard InChI is InChI=1S/C9H10N2O2/c12-8-3-1-7(2-4-8)11-6-5-10-9(11)13/h1-4,12H,5-6H2,(H,10,13). The van der Waals surface area contributed by atoms with Crippen LogP contribution in [0.25, 0.3) is 0 Å². The Morgan fingerprint density at radius 3 is 2.54 bits per heavy atom. The number of rotatable bonds is 1. The number of amides is 2. The second-order valence-corrected chi connectivity index (χ2v) is 2.90. The van der Waals surface area contributed by atoms with E-state index < -0.39 is 0 Å². The van der Waals surface area contributed by atoms with Gasteiger partial charge in [-0.3, -0.25) is 4.90 Å². The highest BCUT2D eigenvalue weighted by atomic mass is 16.3. The van der Waals surface area contributed by atoms with Crippen molar-refractivity contribution >= 4 is 11.7 Å². The van der Waals surface area contributed by atoms with Gasteiger partial charge in [-0.1, -0.05) is 0 Å². The fourth-order valence-corrected chi connectivity index (χ4v) is 1.35. The van der Waals surface area contributed by atoms with Gasteiger partial charge in [0, 0.05) is 18.8 Å². The minimum atomic E-state index is -0.0781. The Kier molecular flexibility index (Phi) is 1.81. The quantitative estimate of drug-likeness (QED) is 0.672. The van der Waals surface area contributed by atoms with E-state index in [-0.39, 0.29) is 11.8 Å². The minimum Gasteiger partial charge on any atom is -0.508 e. The highest BCUT2D eigenvalue weighted by Crippen LogP contribution is 2.19. The molecule has 1 fully saturated rings. The van der Waals surface area contributed by atoms with E-state index in [4.69, 9.17) is 5.11 Å². The first-order chi connectivity index (χ1) is 6.27. The lowest BCUT2D eigenvalue weighted by molar-refractivity contribution is 0.252. The van der Waals surface area contributed by atoms with Crippen LogP contribution in [0.2, 0.25) is 0 Å². The first-order valence-corrected chi connectivity index (χ1v) is 4.12. The maximum atomic E-state index is 11.2. The number of aromatic hydroxyl groups is 1. The fourth-order valence-electron chi connectivity index (χ4n) is 1.35. The number of phenolic OH excluding ortho intramolecular Hbond substituents is 1. The Morgan fingerprint density at radius 2 is 2.00 bits per heavy atom. The van der Waals surface area contributed by atoms with Gasteiger partial charge in [0.2, 0.25) is 0 Å². The molecule has 13 heavy (non-hydrogen) atoms. The Morgan fingerprint density at radius 1 is 1.31 bits per heavy atom. The summed E-state index contributed by atoms with van der Waals surface area (Å²) in [6, 6.07) is 6.51. The molecular weight excluding hydrogens is 168 g/mol. The van der Waals surface area contributed by atoms with Gasteiger partial charge in [0.25, 0.3) is 0 Å². The van der Waals surface area contributed by atoms with Crippen LogP contribution in [0.3, 0.4) is 0 Å². The fraction of sp³-hybridized carbons (Fsp3) is 0.222. The van der Waals surface area contributed by atoms with E-state index in [2.05, 4.69) is 5.32 Å². The van der Waals surface area contributed by atoms with E-state index in [1.54, 1.807) is 29.2 Å². The zero-order chi connectivity index (χ0) is 9.26. The van der Waals surface area contributed by atoms with Crippen LogP contribution in [-0.2, 0) is 0 Å². The topological polar surface area (TPSA) is 52.6 Å². The Hall–Kier alpha value is -1.71. The number of benzene rings is 1. The molecular formula is C9H10N2O2. The average Bonchev–Trinajstić information content (AvgIpc) is 2.53. The van der Waals surface area contributed by atoms with Crippen molar-refractivity contribution in [2.45, 2.75) is 0 Å². The van der Waals surface area contributed by atoms with Gasteiger partial charge >= 0.3 is 6.03 Å². The van der Waals surface area contributed by atoms with E-state index in [1.807, 2.05) is 0 Å². The molecule has 1 saturated heterocycles. The van der Waals surface area contributed by atoms with Crippen molar-refractivity contribution in [3.63, 3.8) is 0 Å². The Bertz CT molecular complexity index is 321. The van der Waals surface area contributed by atoms with Gasteiger partial charge in [-0.2, -0.15) is 0 Å². The normalized spacial score (nSPS) is 16.0. The molecule has 4 heteroatoms. The van der Waals surface area contributed by atoms with Gasteiger partial charge in [-0.15, -0.1) is 0 Å². The first-order valence-electron chi connectivity index (χ1n) is 4.12. The summed E-state index contributed by atoms with van der Waals surface area (Å²) in [5, 5.41) is 11.8. The van der Waals surface area contributed by atoms with Gasteiger partial charge in [-0.05, 0) is 24.3 Å². The summed E-state index contributed by atoms with van der Waals surface area (Å²) in [5.41, 5.74) is 0.813. The summed E-state index contributed by atoms with van der Waals surface area (Å²) < 4.78 is 0. The molecule has 0 saturated carbocycles. The number of urea groups is 1. The van der Waals surface area contributed by atoms with Crippen LogP contribution in [-0.4, -0.2) is 24.2 Å². The van der Waals surface area contributed by atoms with Crippen LogP contribution in [0.5, 0.6) is 5.75 Å². The molecule has 1 aromatic carbocycles. The molecule has 0 aromatic heterocycles. The predicted octanol–water partition coefficient (Wildman–Crippen LogP) is 0.922. The minimum absolute atomic E-state index is 0.0781. The smallest absolute Gasteiger partial charge is 0.321 e. The highest BCUT2D eigenvalue weighted by Gasteiger charge is 2.20. The van der Waals surface area contributed by atoms with Crippen LogP contribution in [0.4, 0.5) is 10.5 Å². The molecule has 1 heterocycles. The molecule has 0 spiro atoms. The molecule has 0 bridgehead atoms. The molecule has 2 N–H and O–H groups in total. The van der Waals surface area contributed by atoms with Crippen LogP contribution in [0.15, 0.2) is 24.3 Å². The van der Waals surface area contributed by atoms with E-state index >= 15 is 0 Å². The molecule has 2 amide bonds. The van der Waals surface area contributed by atoms with Crippen molar-refractivity contribution in [3.8, 4) is 5.75 Å². The van der Waals surface area contributed by atoms with Gasteiger partial charge in [0.1, 0.15) is 5.75 Å². The summed E-state index contributed by atoms with van der Waals surface area (Å²) in [5.74, 6) is 0.211. The summed E-state index contributed by atoms with van der Waals surface area (Å²) in [6.07, 6.45) is 0. The molecule has 2 rings (SSSR count). The molecule has 0 aliphatic carbocycles. The monoisotopic (exact) mass is 178 g/mol. The number of anilines is 1. The van der Waals surface area contributed by atoms with Crippen LogP contribution in [0, 0.1) is 0 Å². The van der Waals surface area contributed by atoms with Crippen molar-refractivity contribution in [2.75, 3.05) is 18.0 Å². The van der Waals surface area contributed by atoms with Gasteiger partial charge < -0.3 is 10.4 Å². The van der Waals surface area contributed by atoms with Crippen LogP contribution < -0.4 is 10.2 Å². The third-order valence-electron chi connectivity index (χ3n) is 2.02. The molecule has 1 aliphatic heterocycles. The summed E-state index contributed by atoms with van der Waals surface area (Å²) in [4.78, 5) is 12.9. The molecule has 68 valence electrons. The lowest BCUT2D eigenvalue weighted by Gasteiger charge is -2.13. The molecule has 0 atom stereocenters. The highest BCUT2D eigenvalue weighted by molar-refractivity contribution is 5.94. The Labute approximate surface area is 75.8 Å². The largest absolute Gasteiger partial charge is 0.508 e.